The lowest BCUT2D eigenvalue weighted by molar-refractivity contribution is -0.131. The molecule has 0 unspecified atom stereocenters. The first-order valence-electron chi connectivity index (χ1n) is 9.41. The number of fused-ring (bicyclic) bond motifs is 1. The largest absolute Gasteiger partial charge is 0.488 e. The number of pyridine rings is 1. The van der Waals surface area contributed by atoms with Crippen molar-refractivity contribution in [1.82, 2.24) is 19.4 Å². The lowest BCUT2D eigenvalue weighted by Gasteiger charge is -2.22. The molecule has 3 atom stereocenters. The number of likely N-dealkylation sites (tertiary alicyclic amines) is 1. The summed E-state index contributed by atoms with van der Waals surface area (Å²) in [5, 5.41) is 0. The van der Waals surface area contributed by atoms with Crippen LogP contribution in [0.1, 0.15) is 24.2 Å². The summed E-state index contributed by atoms with van der Waals surface area (Å²) >= 11 is 0. The van der Waals surface area contributed by atoms with Crippen LogP contribution in [0.4, 0.5) is 0 Å². The molecule has 2 fully saturated rings. The number of carbonyl (C=O) groups excluding carboxylic acids is 1. The second-order valence-corrected chi connectivity index (χ2v) is 7.55. The minimum atomic E-state index is -0.363. The Morgan fingerprint density at radius 2 is 2.15 bits per heavy atom. The zero-order valence-electron chi connectivity index (χ0n) is 15.7. The molecule has 1 saturated heterocycles. The van der Waals surface area contributed by atoms with E-state index in [0.717, 1.165) is 30.8 Å². The van der Waals surface area contributed by atoms with E-state index in [1.54, 1.807) is 19.3 Å². The molecule has 0 bridgehead atoms. The first-order valence-corrected chi connectivity index (χ1v) is 9.41. The van der Waals surface area contributed by atoms with E-state index in [9.17, 15) is 9.59 Å². The van der Waals surface area contributed by atoms with Gasteiger partial charge in [-0.1, -0.05) is 0 Å². The SMILES string of the molecule is Cc1cc(C)n(CC(=O)N2C[C@H]3CC[C@H](Oc4cccnc4)[C@H]3C2)c(=O)n1. The first-order chi connectivity index (χ1) is 13.0. The van der Waals surface area contributed by atoms with Crippen molar-refractivity contribution in [3.63, 3.8) is 0 Å². The van der Waals surface area contributed by atoms with Gasteiger partial charge in [-0.25, -0.2) is 4.79 Å². The number of ether oxygens (including phenoxy) is 1. The van der Waals surface area contributed by atoms with Crippen molar-refractivity contribution in [3.05, 3.63) is 52.5 Å². The fourth-order valence-electron chi connectivity index (χ4n) is 4.36. The Kier molecular flexibility index (Phi) is 4.68. The van der Waals surface area contributed by atoms with Gasteiger partial charge in [0, 0.05) is 36.6 Å². The molecule has 2 aliphatic rings. The average molecular weight is 368 g/mol. The van der Waals surface area contributed by atoms with Crippen LogP contribution in [0.5, 0.6) is 5.75 Å². The van der Waals surface area contributed by atoms with Crippen LogP contribution in [-0.4, -0.2) is 44.5 Å². The van der Waals surface area contributed by atoms with Gasteiger partial charge in [-0.3, -0.25) is 14.3 Å². The van der Waals surface area contributed by atoms with Crippen LogP contribution in [0.3, 0.4) is 0 Å². The van der Waals surface area contributed by atoms with E-state index < -0.39 is 0 Å². The highest BCUT2D eigenvalue weighted by Gasteiger charge is 2.45. The van der Waals surface area contributed by atoms with Gasteiger partial charge in [0.05, 0.1) is 6.20 Å². The Morgan fingerprint density at radius 1 is 1.30 bits per heavy atom. The zero-order chi connectivity index (χ0) is 19.0. The van der Waals surface area contributed by atoms with Crippen molar-refractivity contribution in [2.45, 2.75) is 39.3 Å². The highest BCUT2D eigenvalue weighted by Crippen LogP contribution is 2.40. The first kappa shape index (κ1) is 17.7. The molecule has 27 heavy (non-hydrogen) atoms. The van der Waals surface area contributed by atoms with Gasteiger partial charge in [0.1, 0.15) is 18.4 Å². The van der Waals surface area contributed by atoms with Gasteiger partial charge in [0.25, 0.3) is 0 Å². The van der Waals surface area contributed by atoms with Crippen LogP contribution < -0.4 is 10.4 Å². The summed E-state index contributed by atoms with van der Waals surface area (Å²) in [6.45, 7) is 5.08. The van der Waals surface area contributed by atoms with Crippen molar-refractivity contribution in [1.29, 1.82) is 0 Å². The minimum absolute atomic E-state index is 0.0274. The van der Waals surface area contributed by atoms with E-state index in [1.165, 1.54) is 4.57 Å². The number of hydrogen-bond donors (Lipinski definition) is 0. The third-order valence-electron chi connectivity index (χ3n) is 5.71. The number of aryl methyl sites for hydroxylation is 2. The molecule has 4 rings (SSSR count). The fourth-order valence-corrected chi connectivity index (χ4v) is 4.36. The number of amides is 1. The third-order valence-corrected chi connectivity index (χ3v) is 5.71. The lowest BCUT2D eigenvalue weighted by atomic mass is 9.99. The van der Waals surface area contributed by atoms with Crippen LogP contribution in [0.2, 0.25) is 0 Å². The van der Waals surface area contributed by atoms with E-state index in [0.29, 0.717) is 24.1 Å². The van der Waals surface area contributed by atoms with Crippen LogP contribution in [0, 0.1) is 25.7 Å². The molecule has 1 aliphatic heterocycles. The third kappa shape index (κ3) is 3.59. The molecule has 1 saturated carbocycles. The Hall–Kier alpha value is -2.70. The molecule has 0 spiro atoms. The van der Waals surface area contributed by atoms with Gasteiger partial charge in [0.15, 0.2) is 0 Å². The summed E-state index contributed by atoms with van der Waals surface area (Å²) in [7, 11) is 0. The van der Waals surface area contributed by atoms with Crippen LogP contribution in [0.25, 0.3) is 0 Å². The molecule has 0 aromatic carbocycles. The predicted molar refractivity (Wildman–Crippen MR) is 99.4 cm³/mol. The van der Waals surface area contributed by atoms with Crippen LogP contribution in [-0.2, 0) is 11.3 Å². The topological polar surface area (TPSA) is 77.3 Å². The summed E-state index contributed by atoms with van der Waals surface area (Å²) in [5.74, 6) is 1.55. The van der Waals surface area contributed by atoms with Crippen molar-refractivity contribution in [3.8, 4) is 5.75 Å². The van der Waals surface area contributed by atoms with E-state index in [4.69, 9.17) is 4.74 Å². The monoisotopic (exact) mass is 368 g/mol. The highest BCUT2D eigenvalue weighted by atomic mass is 16.5. The molecule has 142 valence electrons. The van der Waals surface area contributed by atoms with Gasteiger partial charge in [0.2, 0.25) is 5.91 Å². The maximum Gasteiger partial charge on any atom is 0.348 e. The molecule has 1 amide bonds. The summed E-state index contributed by atoms with van der Waals surface area (Å²) < 4.78 is 7.57. The van der Waals surface area contributed by atoms with Gasteiger partial charge in [-0.05, 0) is 50.8 Å². The second-order valence-electron chi connectivity index (χ2n) is 7.55. The van der Waals surface area contributed by atoms with Gasteiger partial charge < -0.3 is 9.64 Å². The Bertz CT molecular complexity index is 896. The van der Waals surface area contributed by atoms with Crippen LogP contribution >= 0.6 is 0 Å². The molecule has 7 nitrogen and oxygen atoms in total. The zero-order valence-corrected chi connectivity index (χ0v) is 15.7. The Balaban J connectivity index is 1.42. The maximum absolute atomic E-state index is 12.8. The number of nitrogens with zero attached hydrogens (tertiary/aromatic N) is 4. The molecule has 2 aromatic rings. The summed E-state index contributed by atoms with van der Waals surface area (Å²) in [6.07, 6.45) is 5.63. The van der Waals surface area contributed by atoms with E-state index in [2.05, 4.69) is 9.97 Å². The normalized spacial score (nSPS) is 24.1. The standard InChI is InChI=1S/C20H24N4O3/c1-13-8-14(2)24(20(26)22-13)12-19(25)23-10-15-5-6-18(17(15)11-23)27-16-4-3-7-21-9-16/h3-4,7-9,15,17-18H,5-6,10-12H2,1-2H3/t15-,17+,18+/m1/s1. The summed E-state index contributed by atoms with van der Waals surface area (Å²) in [4.78, 5) is 34.8. The number of aromatic nitrogens is 3. The van der Waals surface area contributed by atoms with Gasteiger partial charge in [-0.2, -0.15) is 4.98 Å². The van der Waals surface area contributed by atoms with Crippen molar-refractivity contribution in [2.75, 3.05) is 13.1 Å². The maximum atomic E-state index is 12.8. The van der Waals surface area contributed by atoms with Gasteiger partial charge >= 0.3 is 5.69 Å². The molecule has 2 aromatic heterocycles. The minimum Gasteiger partial charge on any atom is -0.488 e. The lowest BCUT2D eigenvalue weighted by Crippen LogP contribution is -2.38. The smallest absolute Gasteiger partial charge is 0.348 e. The molecule has 0 N–H and O–H groups in total. The quantitative estimate of drug-likeness (QED) is 0.819. The molecular formula is C20H24N4O3. The van der Waals surface area contributed by atoms with Crippen molar-refractivity contribution < 1.29 is 9.53 Å². The molecular weight excluding hydrogens is 344 g/mol. The highest BCUT2D eigenvalue weighted by molar-refractivity contribution is 5.76. The summed E-state index contributed by atoms with van der Waals surface area (Å²) in [5.41, 5.74) is 1.07. The molecule has 3 heterocycles. The number of hydrogen-bond acceptors (Lipinski definition) is 5. The molecule has 0 radical (unpaired) electrons. The average Bonchev–Trinajstić information content (AvgIpc) is 3.21. The fraction of sp³-hybridized carbons (Fsp3) is 0.500. The van der Waals surface area contributed by atoms with E-state index >= 15 is 0 Å². The van der Waals surface area contributed by atoms with E-state index in [1.807, 2.05) is 30.0 Å². The molecule has 1 aliphatic carbocycles. The van der Waals surface area contributed by atoms with Crippen molar-refractivity contribution >= 4 is 5.91 Å². The Labute approximate surface area is 158 Å². The van der Waals surface area contributed by atoms with Crippen LogP contribution in [0.15, 0.2) is 35.4 Å². The number of carbonyl (C=O) groups is 1. The summed E-state index contributed by atoms with van der Waals surface area (Å²) in [6, 6.07) is 5.60. The number of rotatable bonds is 4. The van der Waals surface area contributed by atoms with E-state index in [-0.39, 0.29) is 24.2 Å². The van der Waals surface area contributed by atoms with Crippen molar-refractivity contribution in [2.24, 2.45) is 11.8 Å². The Morgan fingerprint density at radius 3 is 2.89 bits per heavy atom. The predicted octanol–water partition coefficient (Wildman–Crippen LogP) is 1.57. The van der Waals surface area contributed by atoms with Gasteiger partial charge in [-0.15, -0.1) is 0 Å². The molecule has 7 heteroatoms. The second kappa shape index (κ2) is 7.13.